The summed E-state index contributed by atoms with van der Waals surface area (Å²) in [6.45, 7) is 9.11. The van der Waals surface area contributed by atoms with Crippen molar-refractivity contribution in [3.05, 3.63) is 0 Å². The molecule has 0 saturated carbocycles. The molecule has 0 aliphatic carbocycles. The van der Waals surface area contributed by atoms with Crippen LogP contribution in [0.3, 0.4) is 0 Å². The molecule has 0 aromatic heterocycles. The van der Waals surface area contributed by atoms with Gasteiger partial charge in [-0.3, -0.25) is 0 Å². The summed E-state index contributed by atoms with van der Waals surface area (Å²) in [5, 5.41) is 4.21. The molecular formula is C8H17NS. The van der Waals surface area contributed by atoms with Crippen LogP contribution >= 0.6 is 11.8 Å². The van der Waals surface area contributed by atoms with Crippen LogP contribution in [0.25, 0.3) is 0 Å². The average molecular weight is 159 g/mol. The van der Waals surface area contributed by atoms with Gasteiger partial charge in [0.1, 0.15) is 0 Å². The Morgan fingerprint density at radius 1 is 1.40 bits per heavy atom. The zero-order chi connectivity index (χ0) is 7.78. The first-order valence-electron chi connectivity index (χ1n) is 3.88. The minimum Gasteiger partial charge on any atom is -0.302 e. The Hall–Kier alpha value is 0.310. The maximum atomic E-state index is 3.56. The molecule has 0 bridgehead atoms. The number of thioether (sulfide) groups is 1. The predicted octanol–water partition coefficient (Wildman–Crippen LogP) is 2.08. The van der Waals surface area contributed by atoms with Gasteiger partial charge in [0.05, 0.1) is 5.37 Å². The monoisotopic (exact) mass is 159 g/mol. The maximum Gasteiger partial charge on any atom is 0.0584 e. The van der Waals surface area contributed by atoms with E-state index in [0.29, 0.717) is 16.8 Å². The first kappa shape index (κ1) is 8.41. The van der Waals surface area contributed by atoms with Crippen molar-refractivity contribution in [1.82, 2.24) is 5.32 Å². The fourth-order valence-corrected chi connectivity index (χ4v) is 2.50. The van der Waals surface area contributed by atoms with Gasteiger partial charge in [-0.25, -0.2) is 0 Å². The number of nitrogens with one attached hydrogen (secondary N) is 1. The number of hydrogen-bond acceptors (Lipinski definition) is 2. The van der Waals surface area contributed by atoms with Gasteiger partial charge in [-0.15, -0.1) is 11.8 Å². The van der Waals surface area contributed by atoms with Crippen LogP contribution in [-0.2, 0) is 0 Å². The molecule has 2 heteroatoms. The third-order valence-corrected chi connectivity index (χ3v) is 3.60. The van der Waals surface area contributed by atoms with Gasteiger partial charge >= 0.3 is 0 Å². The highest BCUT2D eigenvalue weighted by Crippen LogP contribution is 2.32. The Kier molecular flexibility index (Phi) is 2.31. The summed E-state index contributed by atoms with van der Waals surface area (Å²) >= 11 is 2.05. The Balaban J connectivity index is 2.45. The second-order valence-corrected chi connectivity index (χ2v) is 5.29. The molecule has 10 heavy (non-hydrogen) atoms. The van der Waals surface area contributed by atoms with Crippen molar-refractivity contribution in [2.24, 2.45) is 5.41 Å². The molecule has 1 saturated heterocycles. The van der Waals surface area contributed by atoms with Gasteiger partial charge in [-0.2, -0.15) is 0 Å². The lowest BCUT2D eigenvalue weighted by Crippen LogP contribution is -2.36. The van der Waals surface area contributed by atoms with Crippen LogP contribution in [0.1, 0.15) is 27.7 Å². The van der Waals surface area contributed by atoms with Gasteiger partial charge in [0.2, 0.25) is 0 Å². The summed E-state index contributed by atoms with van der Waals surface area (Å²) in [5.74, 6) is 1.27. The molecule has 0 spiro atoms. The van der Waals surface area contributed by atoms with E-state index in [2.05, 4.69) is 33.0 Å². The van der Waals surface area contributed by atoms with E-state index in [1.54, 1.807) is 0 Å². The first-order chi connectivity index (χ1) is 4.50. The molecule has 1 aliphatic rings. The molecule has 60 valence electrons. The Labute approximate surface area is 68.0 Å². The molecule has 0 aromatic carbocycles. The molecule has 0 amide bonds. The summed E-state index contributed by atoms with van der Waals surface area (Å²) in [6.07, 6.45) is 0. The van der Waals surface area contributed by atoms with E-state index in [1.807, 2.05) is 11.8 Å². The summed E-state index contributed by atoms with van der Waals surface area (Å²) in [4.78, 5) is 0. The highest BCUT2D eigenvalue weighted by molar-refractivity contribution is 8.00. The molecule has 1 aliphatic heterocycles. The van der Waals surface area contributed by atoms with Crippen LogP contribution in [-0.4, -0.2) is 17.2 Å². The highest BCUT2D eigenvalue weighted by atomic mass is 32.2. The van der Waals surface area contributed by atoms with Crippen LogP contribution < -0.4 is 5.32 Å². The van der Waals surface area contributed by atoms with Crippen molar-refractivity contribution in [1.29, 1.82) is 0 Å². The molecule has 1 fully saturated rings. The average Bonchev–Trinajstić information content (AvgIpc) is 2.11. The van der Waals surface area contributed by atoms with Crippen molar-refractivity contribution < 1.29 is 0 Å². The smallest absolute Gasteiger partial charge is 0.0584 e. The van der Waals surface area contributed by atoms with Crippen LogP contribution in [0.15, 0.2) is 0 Å². The number of rotatable bonds is 0. The lowest BCUT2D eigenvalue weighted by atomic mass is 9.96. The predicted molar refractivity (Wildman–Crippen MR) is 48.3 cm³/mol. The zero-order valence-electron chi connectivity index (χ0n) is 7.27. The maximum absolute atomic E-state index is 3.56. The van der Waals surface area contributed by atoms with Crippen molar-refractivity contribution in [3.63, 3.8) is 0 Å². The molecule has 1 N–H and O–H groups in total. The summed E-state index contributed by atoms with van der Waals surface area (Å²) < 4.78 is 0. The van der Waals surface area contributed by atoms with E-state index in [9.17, 15) is 0 Å². The van der Waals surface area contributed by atoms with E-state index >= 15 is 0 Å². The summed E-state index contributed by atoms with van der Waals surface area (Å²) in [5.41, 5.74) is 0.412. The fourth-order valence-electron chi connectivity index (χ4n) is 1.10. The quantitative estimate of drug-likeness (QED) is 0.581. The fraction of sp³-hybridized carbons (Fsp3) is 1.00. The minimum absolute atomic E-state index is 0.412. The largest absolute Gasteiger partial charge is 0.302 e. The van der Waals surface area contributed by atoms with Gasteiger partial charge in [-0.1, -0.05) is 20.8 Å². The van der Waals surface area contributed by atoms with E-state index in [1.165, 1.54) is 5.75 Å². The van der Waals surface area contributed by atoms with E-state index < -0.39 is 0 Å². The first-order valence-corrected chi connectivity index (χ1v) is 4.92. The van der Waals surface area contributed by atoms with E-state index in [-0.39, 0.29) is 0 Å². The second-order valence-electron chi connectivity index (χ2n) is 4.15. The van der Waals surface area contributed by atoms with Crippen LogP contribution in [0, 0.1) is 5.41 Å². The van der Waals surface area contributed by atoms with Crippen molar-refractivity contribution in [2.75, 3.05) is 5.75 Å². The standard InChI is InChI=1S/C8H17NS/c1-6-5-10-7(9-6)8(2,3)4/h6-7,9H,5H2,1-4H3/t6-,7?/m0/s1. The topological polar surface area (TPSA) is 12.0 Å². The van der Waals surface area contributed by atoms with E-state index in [0.717, 1.165) is 0 Å². The highest BCUT2D eigenvalue weighted by Gasteiger charge is 2.30. The Morgan fingerprint density at radius 2 is 2.00 bits per heavy atom. The SMILES string of the molecule is C[C@H]1CSC(C(C)(C)C)N1. The van der Waals surface area contributed by atoms with Crippen LogP contribution in [0.5, 0.6) is 0 Å². The van der Waals surface area contributed by atoms with Crippen molar-refractivity contribution in [2.45, 2.75) is 39.1 Å². The molecule has 2 atom stereocenters. The van der Waals surface area contributed by atoms with Crippen LogP contribution in [0.2, 0.25) is 0 Å². The lowest BCUT2D eigenvalue weighted by molar-refractivity contribution is 0.347. The Morgan fingerprint density at radius 3 is 2.20 bits per heavy atom. The zero-order valence-corrected chi connectivity index (χ0v) is 8.09. The van der Waals surface area contributed by atoms with Gasteiger partial charge in [-0.05, 0) is 12.3 Å². The Bertz CT molecular complexity index is 117. The minimum atomic E-state index is 0.412. The van der Waals surface area contributed by atoms with Gasteiger partial charge < -0.3 is 5.32 Å². The van der Waals surface area contributed by atoms with E-state index in [4.69, 9.17) is 0 Å². The van der Waals surface area contributed by atoms with Gasteiger partial charge in [0.25, 0.3) is 0 Å². The molecule has 1 unspecified atom stereocenters. The third kappa shape index (κ3) is 1.89. The molecule has 0 radical (unpaired) electrons. The molecule has 1 rings (SSSR count). The van der Waals surface area contributed by atoms with Crippen molar-refractivity contribution >= 4 is 11.8 Å². The van der Waals surface area contributed by atoms with Crippen LogP contribution in [0.4, 0.5) is 0 Å². The molecule has 1 nitrogen and oxygen atoms in total. The normalized spacial score (nSPS) is 34.8. The molecule has 1 heterocycles. The molecular weight excluding hydrogens is 142 g/mol. The van der Waals surface area contributed by atoms with Crippen molar-refractivity contribution in [3.8, 4) is 0 Å². The second kappa shape index (κ2) is 2.74. The number of hydrogen-bond donors (Lipinski definition) is 1. The van der Waals surface area contributed by atoms with Gasteiger partial charge in [0, 0.05) is 11.8 Å². The van der Waals surface area contributed by atoms with Gasteiger partial charge in [0.15, 0.2) is 0 Å². The third-order valence-electron chi connectivity index (χ3n) is 1.74. The summed E-state index contributed by atoms with van der Waals surface area (Å²) in [6, 6.07) is 0.703. The lowest BCUT2D eigenvalue weighted by Gasteiger charge is -2.26. The molecule has 0 aromatic rings. The summed E-state index contributed by atoms with van der Waals surface area (Å²) in [7, 11) is 0.